The number of amides is 1. The fourth-order valence-corrected chi connectivity index (χ4v) is 4.13. The summed E-state index contributed by atoms with van der Waals surface area (Å²) in [4.78, 5) is 26.6. The Hall–Kier alpha value is -3.28. The smallest absolute Gasteiger partial charge is 0.255 e. The fraction of sp³-hybridized carbons (Fsp3) is 0.154. The van der Waals surface area contributed by atoms with E-state index in [1.54, 1.807) is 37.5 Å². The van der Waals surface area contributed by atoms with Gasteiger partial charge in [-0.1, -0.05) is 53.5 Å². The van der Waals surface area contributed by atoms with Crippen LogP contribution in [0, 0.1) is 6.92 Å². The van der Waals surface area contributed by atoms with E-state index in [1.165, 1.54) is 5.56 Å². The number of pyridine rings is 1. The van der Waals surface area contributed by atoms with Gasteiger partial charge >= 0.3 is 0 Å². The van der Waals surface area contributed by atoms with E-state index in [4.69, 9.17) is 28.2 Å². The Morgan fingerprint density at radius 1 is 0.909 bits per heavy atom. The molecule has 2 aromatic heterocycles. The van der Waals surface area contributed by atoms with Gasteiger partial charge in [-0.05, 0) is 55.7 Å². The van der Waals surface area contributed by atoms with Crippen molar-refractivity contribution in [2.24, 2.45) is 0 Å². The highest BCUT2D eigenvalue weighted by Crippen LogP contribution is 2.31. The van der Waals surface area contributed by atoms with E-state index in [0.29, 0.717) is 44.9 Å². The van der Waals surface area contributed by atoms with Crippen molar-refractivity contribution in [3.63, 3.8) is 0 Å². The van der Waals surface area contributed by atoms with E-state index in [9.17, 15) is 4.79 Å². The van der Waals surface area contributed by atoms with Crippen molar-refractivity contribution in [3.8, 4) is 22.6 Å². The van der Waals surface area contributed by atoms with Crippen LogP contribution in [0.4, 0.5) is 0 Å². The highest BCUT2D eigenvalue weighted by atomic mass is 35.5. The van der Waals surface area contributed by atoms with Crippen LogP contribution in [0.5, 0.6) is 0 Å². The van der Waals surface area contributed by atoms with Gasteiger partial charge in [0, 0.05) is 40.1 Å². The molecule has 0 fully saturated rings. The SMILES string of the molecule is Cc1nc(-c2ccncc2)nc(-c2cc(Cl)cc(Cl)c2)c1C(=O)NCCCc1ccccc1. The quantitative estimate of drug-likeness (QED) is 0.323. The molecule has 7 heteroatoms. The predicted molar refractivity (Wildman–Crippen MR) is 133 cm³/mol. The van der Waals surface area contributed by atoms with Gasteiger partial charge < -0.3 is 5.32 Å². The molecule has 0 aliphatic carbocycles. The molecule has 5 nitrogen and oxygen atoms in total. The molecule has 0 radical (unpaired) electrons. The van der Waals surface area contributed by atoms with Crippen molar-refractivity contribution in [1.82, 2.24) is 20.3 Å². The number of nitrogens with one attached hydrogen (secondary N) is 1. The molecule has 0 saturated heterocycles. The molecule has 2 heterocycles. The number of carbonyl (C=O) groups excluding carboxylic acids is 1. The molecule has 4 rings (SSSR count). The van der Waals surface area contributed by atoms with E-state index in [0.717, 1.165) is 18.4 Å². The molecule has 0 bridgehead atoms. The van der Waals surface area contributed by atoms with Crippen LogP contribution in [0.3, 0.4) is 0 Å². The van der Waals surface area contributed by atoms with Crippen molar-refractivity contribution < 1.29 is 4.79 Å². The Morgan fingerprint density at radius 2 is 1.61 bits per heavy atom. The van der Waals surface area contributed by atoms with Crippen molar-refractivity contribution in [2.75, 3.05) is 6.54 Å². The molecule has 0 atom stereocenters. The predicted octanol–water partition coefficient (Wildman–Crippen LogP) is 6.18. The lowest BCUT2D eigenvalue weighted by Crippen LogP contribution is -2.27. The van der Waals surface area contributed by atoms with E-state index in [-0.39, 0.29) is 5.91 Å². The summed E-state index contributed by atoms with van der Waals surface area (Å²) in [5, 5.41) is 3.95. The zero-order chi connectivity index (χ0) is 23.2. The number of hydrogen-bond acceptors (Lipinski definition) is 4. The zero-order valence-corrected chi connectivity index (χ0v) is 19.6. The van der Waals surface area contributed by atoms with Gasteiger partial charge in [0.05, 0.1) is 17.0 Å². The van der Waals surface area contributed by atoms with Crippen molar-refractivity contribution >= 4 is 29.1 Å². The Bertz CT molecular complexity index is 1240. The van der Waals surface area contributed by atoms with Crippen LogP contribution in [-0.2, 0) is 6.42 Å². The lowest BCUT2D eigenvalue weighted by Gasteiger charge is -2.14. The van der Waals surface area contributed by atoms with Crippen LogP contribution in [0.15, 0.2) is 73.1 Å². The molecule has 1 N–H and O–H groups in total. The molecule has 0 spiro atoms. The average molecular weight is 477 g/mol. The summed E-state index contributed by atoms with van der Waals surface area (Å²) in [5.41, 5.74) is 4.16. The lowest BCUT2D eigenvalue weighted by molar-refractivity contribution is 0.0952. The molecule has 166 valence electrons. The summed E-state index contributed by atoms with van der Waals surface area (Å²) >= 11 is 12.5. The van der Waals surface area contributed by atoms with Crippen molar-refractivity contribution in [1.29, 1.82) is 0 Å². The average Bonchev–Trinajstić information content (AvgIpc) is 2.82. The molecule has 0 aliphatic rings. The normalized spacial score (nSPS) is 10.8. The first-order valence-electron chi connectivity index (χ1n) is 10.6. The summed E-state index contributed by atoms with van der Waals surface area (Å²) in [5.74, 6) is 0.273. The van der Waals surface area contributed by atoms with E-state index in [1.807, 2.05) is 30.3 Å². The summed E-state index contributed by atoms with van der Waals surface area (Å²) < 4.78 is 0. The van der Waals surface area contributed by atoms with Crippen LogP contribution >= 0.6 is 23.2 Å². The Balaban J connectivity index is 1.65. The first-order chi connectivity index (χ1) is 16.0. The van der Waals surface area contributed by atoms with E-state index >= 15 is 0 Å². The minimum Gasteiger partial charge on any atom is -0.352 e. The molecule has 4 aromatic rings. The van der Waals surface area contributed by atoms with Gasteiger partial charge in [0.15, 0.2) is 5.82 Å². The Kier molecular flexibility index (Phi) is 7.33. The summed E-state index contributed by atoms with van der Waals surface area (Å²) in [7, 11) is 0. The maximum Gasteiger partial charge on any atom is 0.255 e. The van der Waals surface area contributed by atoms with Crippen LogP contribution in [0.1, 0.15) is 28.0 Å². The third-order valence-electron chi connectivity index (χ3n) is 5.16. The molecular formula is C26H22Cl2N4O. The first-order valence-corrected chi connectivity index (χ1v) is 11.3. The van der Waals surface area contributed by atoms with Gasteiger partial charge in [0.2, 0.25) is 0 Å². The van der Waals surface area contributed by atoms with Gasteiger partial charge in [-0.25, -0.2) is 9.97 Å². The minimum absolute atomic E-state index is 0.229. The standard InChI is InChI=1S/C26H22Cl2N4O/c1-17-23(26(33)30-11-5-8-18-6-3-2-4-7-18)24(20-14-21(27)16-22(28)15-20)32-25(31-17)19-9-12-29-13-10-19/h2-4,6-7,9-10,12-16H,5,8,11H2,1H3,(H,30,33). The van der Waals surface area contributed by atoms with Crippen LogP contribution in [-0.4, -0.2) is 27.4 Å². The number of nitrogens with zero attached hydrogens (tertiary/aromatic N) is 3. The third kappa shape index (κ3) is 5.75. The monoisotopic (exact) mass is 476 g/mol. The van der Waals surface area contributed by atoms with Crippen LogP contribution in [0.25, 0.3) is 22.6 Å². The number of halogens is 2. The van der Waals surface area contributed by atoms with Gasteiger partial charge in [-0.2, -0.15) is 0 Å². The fourth-order valence-electron chi connectivity index (χ4n) is 3.60. The second-order valence-electron chi connectivity index (χ2n) is 7.60. The number of hydrogen-bond donors (Lipinski definition) is 1. The van der Waals surface area contributed by atoms with E-state index in [2.05, 4.69) is 27.4 Å². The van der Waals surface area contributed by atoms with Crippen molar-refractivity contribution in [2.45, 2.75) is 19.8 Å². The van der Waals surface area contributed by atoms with Gasteiger partial charge in [0.1, 0.15) is 0 Å². The maximum atomic E-state index is 13.2. The largest absolute Gasteiger partial charge is 0.352 e. The number of aromatic nitrogens is 3. The number of rotatable bonds is 7. The highest BCUT2D eigenvalue weighted by molar-refractivity contribution is 6.35. The molecule has 1 amide bonds. The summed E-state index contributed by atoms with van der Waals surface area (Å²) in [6.45, 7) is 2.34. The number of aryl methyl sites for hydroxylation is 2. The molecule has 0 unspecified atom stereocenters. The molecule has 0 aliphatic heterocycles. The maximum absolute atomic E-state index is 13.2. The third-order valence-corrected chi connectivity index (χ3v) is 5.60. The molecule has 33 heavy (non-hydrogen) atoms. The second-order valence-corrected chi connectivity index (χ2v) is 8.47. The Morgan fingerprint density at radius 3 is 2.30 bits per heavy atom. The van der Waals surface area contributed by atoms with Crippen LogP contribution in [0.2, 0.25) is 10.0 Å². The topological polar surface area (TPSA) is 67.8 Å². The van der Waals surface area contributed by atoms with Crippen molar-refractivity contribution in [3.05, 3.63) is 99.9 Å². The number of carbonyl (C=O) groups is 1. The Labute approximate surface area is 202 Å². The zero-order valence-electron chi connectivity index (χ0n) is 18.1. The lowest BCUT2D eigenvalue weighted by atomic mass is 10.0. The molecular weight excluding hydrogens is 455 g/mol. The van der Waals surface area contributed by atoms with Gasteiger partial charge in [-0.15, -0.1) is 0 Å². The summed E-state index contributed by atoms with van der Waals surface area (Å²) in [6.07, 6.45) is 5.06. The van der Waals surface area contributed by atoms with E-state index < -0.39 is 0 Å². The second kappa shape index (κ2) is 10.6. The molecule has 2 aromatic carbocycles. The molecule has 0 saturated carbocycles. The number of benzene rings is 2. The van der Waals surface area contributed by atoms with Gasteiger partial charge in [-0.3, -0.25) is 9.78 Å². The first kappa shape index (κ1) is 22.9. The van der Waals surface area contributed by atoms with Crippen LogP contribution < -0.4 is 5.32 Å². The minimum atomic E-state index is -0.229. The highest BCUT2D eigenvalue weighted by Gasteiger charge is 2.21. The summed E-state index contributed by atoms with van der Waals surface area (Å²) in [6, 6.07) is 19.0. The van der Waals surface area contributed by atoms with Gasteiger partial charge in [0.25, 0.3) is 5.91 Å².